The molecule has 17 heavy (non-hydrogen) atoms. The highest BCUT2D eigenvalue weighted by Crippen LogP contribution is 2.11. The number of rotatable bonds is 4. The maximum absolute atomic E-state index is 11.9. The van der Waals surface area contributed by atoms with Crippen molar-refractivity contribution in [1.29, 1.82) is 0 Å². The molecule has 0 aromatic heterocycles. The number of benzene rings is 1. The highest BCUT2D eigenvalue weighted by molar-refractivity contribution is 6.24. The molecular formula is C12H14N2O3. The summed E-state index contributed by atoms with van der Waals surface area (Å²) in [5.74, 6) is -1.21. The van der Waals surface area contributed by atoms with Gasteiger partial charge in [-0.05, 0) is 31.2 Å². The molecule has 0 aliphatic carbocycles. The summed E-state index contributed by atoms with van der Waals surface area (Å²) < 4.78 is 4.73. The molecule has 4 N–H and O–H groups in total. The molecule has 0 saturated carbocycles. The molecule has 0 aliphatic rings. The number of nitrogens with two attached hydrogens (primary N) is 2. The minimum atomic E-state index is -0.725. The van der Waals surface area contributed by atoms with Gasteiger partial charge in [-0.15, -0.1) is 0 Å². The van der Waals surface area contributed by atoms with Crippen LogP contribution in [0.25, 0.3) is 0 Å². The molecule has 90 valence electrons. The number of carbonyl (C=O) groups is 2. The third kappa shape index (κ3) is 3.07. The maximum Gasteiger partial charge on any atom is 0.343 e. The van der Waals surface area contributed by atoms with Gasteiger partial charge in [0.15, 0.2) is 0 Å². The van der Waals surface area contributed by atoms with Crippen molar-refractivity contribution in [1.82, 2.24) is 0 Å². The topological polar surface area (TPSA) is 95.4 Å². The van der Waals surface area contributed by atoms with Gasteiger partial charge in [-0.3, -0.25) is 4.79 Å². The average Bonchev–Trinajstić information content (AvgIpc) is 2.31. The molecule has 5 nitrogen and oxygen atoms in total. The second-order valence-electron chi connectivity index (χ2n) is 3.25. The smallest absolute Gasteiger partial charge is 0.343 e. The van der Waals surface area contributed by atoms with Crippen molar-refractivity contribution in [3.63, 3.8) is 0 Å². The Bertz CT molecular complexity index is 449. The van der Waals surface area contributed by atoms with Crippen molar-refractivity contribution in [3.05, 3.63) is 41.6 Å². The number of ketones is 1. The molecule has 0 atom stereocenters. The first-order valence-corrected chi connectivity index (χ1v) is 5.09. The molecule has 0 bridgehead atoms. The second kappa shape index (κ2) is 5.69. The third-order valence-corrected chi connectivity index (χ3v) is 2.08. The highest BCUT2D eigenvalue weighted by Gasteiger charge is 2.20. The van der Waals surface area contributed by atoms with Crippen LogP contribution < -0.4 is 11.5 Å². The van der Waals surface area contributed by atoms with Gasteiger partial charge in [-0.25, -0.2) is 4.79 Å². The lowest BCUT2D eigenvalue weighted by atomic mass is 10.0. The van der Waals surface area contributed by atoms with Gasteiger partial charge in [0.2, 0.25) is 5.78 Å². The Morgan fingerprint density at radius 2 is 1.88 bits per heavy atom. The van der Waals surface area contributed by atoms with Gasteiger partial charge < -0.3 is 16.2 Å². The van der Waals surface area contributed by atoms with Crippen LogP contribution in [0.4, 0.5) is 5.69 Å². The Morgan fingerprint density at radius 3 is 2.35 bits per heavy atom. The van der Waals surface area contributed by atoms with Gasteiger partial charge in [0.25, 0.3) is 0 Å². The van der Waals surface area contributed by atoms with Crippen LogP contribution in [0.1, 0.15) is 17.3 Å². The van der Waals surface area contributed by atoms with Gasteiger partial charge in [-0.2, -0.15) is 0 Å². The summed E-state index contributed by atoms with van der Waals surface area (Å²) in [6.07, 6.45) is 0.955. The van der Waals surface area contributed by atoms with E-state index in [9.17, 15) is 9.59 Å². The molecule has 0 amide bonds. The van der Waals surface area contributed by atoms with Gasteiger partial charge in [-0.1, -0.05) is 0 Å². The fraction of sp³-hybridized carbons (Fsp3) is 0.167. The van der Waals surface area contributed by atoms with Crippen LogP contribution in [-0.2, 0) is 9.53 Å². The number of carbonyl (C=O) groups excluding carboxylic acids is 2. The lowest BCUT2D eigenvalue weighted by molar-refractivity contribution is -0.138. The van der Waals surface area contributed by atoms with E-state index >= 15 is 0 Å². The van der Waals surface area contributed by atoms with Crippen LogP contribution >= 0.6 is 0 Å². The largest absolute Gasteiger partial charge is 0.462 e. The zero-order valence-corrected chi connectivity index (χ0v) is 9.47. The fourth-order valence-corrected chi connectivity index (χ4v) is 1.24. The summed E-state index contributed by atoms with van der Waals surface area (Å²) in [6.45, 7) is 1.84. The number of esters is 1. The van der Waals surface area contributed by atoms with Crippen molar-refractivity contribution in [2.75, 3.05) is 12.3 Å². The van der Waals surface area contributed by atoms with Crippen molar-refractivity contribution in [3.8, 4) is 0 Å². The fourth-order valence-electron chi connectivity index (χ4n) is 1.24. The molecule has 5 heteroatoms. The molecule has 0 saturated heterocycles. The van der Waals surface area contributed by atoms with E-state index in [1.807, 2.05) is 0 Å². The van der Waals surface area contributed by atoms with Gasteiger partial charge in [0.1, 0.15) is 5.57 Å². The summed E-state index contributed by atoms with van der Waals surface area (Å²) in [5.41, 5.74) is 11.5. The van der Waals surface area contributed by atoms with Crippen LogP contribution in [0, 0.1) is 0 Å². The van der Waals surface area contributed by atoms with E-state index in [0.29, 0.717) is 11.3 Å². The zero-order valence-electron chi connectivity index (χ0n) is 9.47. The number of anilines is 1. The summed E-state index contributed by atoms with van der Waals surface area (Å²) in [4.78, 5) is 23.4. The third-order valence-electron chi connectivity index (χ3n) is 2.08. The zero-order chi connectivity index (χ0) is 12.8. The predicted octanol–water partition coefficient (Wildman–Crippen LogP) is 0.857. The Kier molecular flexibility index (Phi) is 4.28. The van der Waals surface area contributed by atoms with Crippen LogP contribution in [0.2, 0.25) is 0 Å². The first kappa shape index (κ1) is 12.8. The van der Waals surface area contributed by atoms with Gasteiger partial charge in [0.05, 0.1) is 6.61 Å². The monoisotopic (exact) mass is 234 g/mol. The Balaban J connectivity index is 2.95. The number of hydrogen-bond donors (Lipinski definition) is 2. The van der Waals surface area contributed by atoms with Crippen LogP contribution in [0.5, 0.6) is 0 Å². The lowest BCUT2D eigenvalue weighted by Crippen LogP contribution is -2.17. The molecular weight excluding hydrogens is 220 g/mol. The second-order valence-corrected chi connectivity index (χ2v) is 3.25. The quantitative estimate of drug-likeness (QED) is 0.201. The number of ether oxygens (including phenoxy) is 1. The SMILES string of the molecule is CCOC(=O)/C(=C\N)C(=O)c1ccc(N)cc1. The van der Waals surface area contributed by atoms with Gasteiger partial charge >= 0.3 is 5.97 Å². The molecule has 0 unspecified atom stereocenters. The Labute approximate surface area is 99.0 Å². The first-order valence-electron chi connectivity index (χ1n) is 5.09. The van der Waals surface area contributed by atoms with E-state index in [0.717, 1.165) is 6.20 Å². The minimum Gasteiger partial charge on any atom is -0.462 e. The highest BCUT2D eigenvalue weighted by atomic mass is 16.5. The van der Waals surface area contributed by atoms with E-state index in [1.54, 1.807) is 19.1 Å². The van der Waals surface area contributed by atoms with E-state index < -0.39 is 11.8 Å². The number of Topliss-reactive ketones (excluding diaryl/α,β-unsaturated/α-hetero) is 1. The standard InChI is InChI=1S/C12H14N2O3/c1-2-17-12(16)10(7-13)11(15)8-3-5-9(14)6-4-8/h3-7H,2,13-14H2,1H3/b10-7-. The van der Waals surface area contributed by atoms with Crippen molar-refractivity contribution in [2.24, 2.45) is 5.73 Å². The lowest BCUT2D eigenvalue weighted by Gasteiger charge is -2.05. The molecule has 1 aromatic rings. The molecule has 1 aromatic carbocycles. The normalized spacial score (nSPS) is 11.0. The Morgan fingerprint density at radius 1 is 1.29 bits per heavy atom. The molecule has 0 aliphatic heterocycles. The van der Waals surface area contributed by atoms with E-state index in [2.05, 4.69) is 0 Å². The van der Waals surface area contributed by atoms with E-state index in [1.165, 1.54) is 12.1 Å². The minimum absolute atomic E-state index is 0.184. The van der Waals surface area contributed by atoms with Crippen LogP contribution in [-0.4, -0.2) is 18.4 Å². The van der Waals surface area contributed by atoms with E-state index in [-0.39, 0.29) is 12.2 Å². The summed E-state index contributed by atoms with van der Waals surface area (Å²) >= 11 is 0. The van der Waals surface area contributed by atoms with Crippen molar-refractivity contribution < 1.29 is 14.3 Å². The molecule has 1 rings (SSSR count). The van der Waals surface area contributed by atoms with Gasteiger partial charge in [0, 0.05) is 17.5 Å². The van der Waals surface area contributed by atoms with Crippen LogP contribution in [0.15, 0.2) is 36.0 Å². The first-order chi connectivity index (χ1) is 8.10. The predicted molar refractivity (Wildman–Crippen MR) is 64.1 cm³/mol. The van der Waals surface area contributed by atoms with E-state index in [4.69, 9.17) is 16.2 Å². The summed E-state index contributed by atoms with van der Waals surface area (Å²) in [5, 5.41) is 0. The molecule has 0 heterocycles. The molecule has 0 fully saturated rings. The molecule has 0 spiro atoms. The van der Waals surface area contributed by atoms with Crippen molar-refractivity contribution in [2.45, 2.75) is 6.92 Å². The summed E-state index contributed by atoms with van der Waals surface area (Å²) in [7, 11) is 0. The van der Waals surface area contributed by atoms with Crippen molar-refractivity contribution >= 4 is 17.4 Å². The maximum atomic E-state index is 11.9. The van der Waals surface area contributed by atoms with Crippen LogP contribution in [0.3, 0.4) is 0 Å². The molecule has 0 radical (unpaired) electrons. The number of hydrogen-bond acceptors (Lipinski definition) is 5. The summed E-state index contributed by atoms with van der Waals surface area (Å²) in [6, 6.07) is 6.21. The average molecular weight is 234 g/mol. The Hall–Kier alpha value is -2.30. The number of nitrogen functional groups attached to an aromatic ring is 1.